The highest BCUT2D eigenvalue weighted by atomic mass is 19.1. The summed E-state index contributed by atoms with van der Waals surface area (Å²) < 4.78 is 19.7. The molecule has 0 aliphatic carbocycles. The van der Waals surface area contributed by atoms with E-state index in [-0.39, 0.29) is 11.9 Å². The zero-order valence-electron chi connectivity index (χ0n) is 13.3. The number of piperidine rings is 1. The number of nitrogen functional groups attached to an aromatic ring is 1. The Balaban J connectivity index is 1.65. The van der Waals surface area contributed by atoms with Gasteiger partial charge in [-0.2, -0.15) is 0 Å². The van der Waals surface area contributed by atoms with Crippen LogP contribution in [-0.2, 0) is 0 Å². The second kappa shape index (κ2) is 5.70. The fraction of sp³-hybridized carbons (Fsp3) is 0.647. The largest absolute Gasteiger partial charge is 0.487 e. The number of nitrogens with zero attached hydrogens (tertiary/aromatic N) is 1. The van der Waals surface area contributed by atoms with E-state index in [1.807, 2.05) is 13.8 Å². The lowest BCUT2D eigenvalue weighted by Gasteiger charge is -2.41. The number of hydrogen-bond donors (Lipinski definition) is 2. The minimum absolute atomic E-state index is 0.0358. The normalized spacial score (nSPS) is 28.8. The summed E-state index contributed by atoms with van der Waals surface area (Å²) in [6.07, 6.45) is 4.07. The van der Waals surface area contributed by atoms with Gasteiger partial charge in [-0.25, -0.2) is 4.39 Å². The van der Waals surface area contributed by atoms with Gasteiger partial charge in [0, 0.05) is 30.4 Å². The van der Waals surface area contributed by atoms with Crippen molar-refractivity contribution in [3.05, 3.63) is 24.0 Å². The van der Waals surface area contributed by atoms with Crippen molar-refractivity contribution in [3.63, 3.8) is 0 Å². The number of fused-ring (bicyclic) bond motifs is 2. The molecule has 0 radical (unpaired) electrons. The summed E-state index contributed by atoms with van der Waals surface area (Å²) in [5, 5.41) is 10.1. The van der Waals surface area contributed by atoms with Crippen molar-refractivity contribution in [3.8, 4) is 5.75 Å². The van der Waals surface area contributed by atoms with Gasteiger partial charge in [-0.15, -0.1) is 0 Å². The van der Waals surface area contributed by atoms with Gasteiger partial charge in [-0.3, -0.25) is 4.90 Å². The summed E-state index contributed by atoms with van der Waals surface area (Å²) in [6, 6.07) is 5.42. The van der Waals surface area contributed by atoms with E-state index in [2.05, 4.69) is 4.90 Å². The van der Waals surface area contributed by atoms with Gasteiger partial charge in [0.25, 0.3) is 0 Å². The van der Waals surface area contributed by atoms with Crippen LogP contribution in [0.4, 0.5) is 10.1 Å². The molecule has 1 aromatic carbocycles. The highest BCUT2D eigenvalue weighted by Crippen LogP contribution is 2.38. The van der Waals surface area contributed by atoms with Crippen LogP contribution >= 0.6 is 0 Å². The molecule has 1 aromatic rings. The number of rotatable bonds is 4. The van der Waals surface area contributed by atoms with E-state index in [1.165, 1.54) is 6.07 Å². The second-order valence-electron chi connectivity index (χ2n) is 7.27. The van der Waals surface area contributed by atoms with Crippen molar-refractivity contribution >= 4 is 5.69 Å². The summed E-state index contributed by atoms with van der Waals surface area (Å²) in [7, 11) is 0. The van der Waals surface area contributed by atoms with Crippen molar-refractivity contribution in [1.29, 1.82) is 0 Å². The molecular weight excluding hydrogens is 283 g/mol. The Morgan fingerprint density at radius 2 is 1.95 bits per heavy atom. The lowest BCUT2D eigenvalue weighted by Crippen LogP contribution is -2.51. The lowest BCUT2D eigenvalue weighted by atomic mass is 9.97. The molecule has 22 heavy (non-hydrogen) atoms. The average molecular weight is 308 g/mol. The van der Waals surface area contributed by atoms with Crippen LogP contribution in [0.15, 0.2) is 18.2 Å². The quantitative estimate of drug-likeness (QED) is 0.839. The number of aliphatic hydroxyl groups is 1. The van der Waals surface area contributed by atoms with Gasteiger partial charge in [0.05, 0.1) is 5.60 Å². The highest BCUT2D eigenvalue weighted by Gasteiger charge is 2.43. The third kappa shape index (κ3) is 3.36. The van der Waals surface area contributed by atoms with E-state index in [9.17, 15) is 9.50 Å². The first-order valence-electron chi connectivity index (χ1n) is 8.01. The highest BCUT2D eigenvalue weighted by molar-refractivity contribution is 5.42. The molecule has 5 heteroatoms. The van der Waals surface area contributed by atoms with Crippen LogP contribution < -0.4 is 10.5 Å². The Labute approximate surface area is 131 Å². The summed E-state index contributed by atoms with van der Waals surface area (Å²) in [6.45, 7) is 4.38. The summed E-state index contributed by atoms with van der Waals surface area (Å²) in [5.41, 5.74) is 5.29. The first kappa shape index (κ1) is 15.6. The lowest BCUT2D eigenvalue weighted by molar-refractivity contribution is -0.0174. The van der Waals surface area contributed by atoms with Crippen molar-refractivity contribution in [1.82, 2.24) is 4.90 Å². The molecule has 3 N–H and O–H groups in total. The smallest absolute Gasteiger partial charge is 0.167 e. The molecule has 2 saturated heterocycles. The van der Waals surface area contributed by atoms with Crippen LogP contribution in [0.5, 0.6) is 5.75 Å². The molecule has 2 aliphatic rings. The van der Waals surface area contributed by atoms with Crippen molar-refractivity contribution < 1.29 is 14.2 Å². The Kier molecular flexibility index (Phi) is 4.03. The van der Waals surface area contributed by atoms with Crippen molar-refractivity contribution in [2.75, 3.05) is 12.3 Å². The van der Waals surface area contributed by atoms with Crippen molar-refractivity contribution in [2.45, 2.75) is 63.3 Å². The van der Waals surface area contributed by atoms with Crippen molar-refractivity contribution in [2.24, 2.45) is 0 Å². The van der Waals surface area contributed by atoms with Crippen LogP contribution in [-0.4, -0.2) is 40.3 Å². The van der Waals surface area contributed by atoms with Gasteiger partial charge in [-0.1, -0.05) is 0 Å². The predicted octanol–water partition coefficient (Wildman–Crippen LogP) is 2.55. The van der Waals surface area contributed by atoms with Gasteiger partial charge < -0.3 is 15.6 Å². The Hall–Kier alpha value is -1.33. The number of ether oxygens (including phenoxy) is 1. The molecular formula is C17H25FN2O2. The molecule has 4 nitrogen and oxygen atoms in total. The van der Waals surface area contributed by atoms with E-state index < -0.39 is 11.4 Å². The van der Waals surface area contributed by atoms with E-state index in [1.54, 1.807) is 12.1 Å². The summed E-state index contributed by atoms with van der Waals surface area (Å²) in [4.78, 5) is 2.40. The topological polar surface area (TPSA) is 58.7 Å². The molecule has 0 aromatic heterocycles. The first-order valence-corrected chi connectivity index (χ1v) is 8.01. The molecule has 2 bridgehead atoms. The first-order chi connectivity index (χ1) is 10.3. The maximum Gasteiger partial charge on any atom is 0.167 e. The van der Waals surface area contributed by atoms with E-state index >= 15 is 0 Å². The minimum atomic E-state index is -0.683. The van der Waals surface area contributed by atoms with Gasteiger partial charge in [0.15, 0.2) is 11.6 Å². The number of nitrogens with two attached hydrogens (primary N) is 1. The van der Waals surface area contributed by atoms with Crippen LogP contribution in [0, 0.1) is 5.82 Å². The summed E-state index contributed by atoms with van der Waals surface area (Å²) >= 11 is 0. The number of benzene rings is 1. The van der Waals surface area contributed by atoms with E-state index in [0.717, 1.165) is 25.7 Å². The van der Waals surface area contributed by atoms with Crippen LogP contribution in [0.2, 0.25) is 0 Å². The fourth-order valence-electron chi connectivity index (χ4n) is 3.82. The molecule has 3 rings (SSSR count). The average Bonchev–Trinajstić information content (AvgIpc) is 2.64. The molecule has 0 amide bonds. The molecule has 2 heterocycles. The zero-order valence-corrected chi connectivity index (χ0v) is 13.3. The number of hydrogen-bond acceptors (Lipinski definition) is 4. The Morgan fingerprint density at radius 3 is 2.50 bits per heavy atom. The van der Waals surface area contributed by atoms with E-state index in [0.29, 0.717) is 24.3 Å². The molecule has 3 atom stereocenters. The Morgan fingerprint density at radius 1 is 1.32 bits per heavy atom. The third-order valence-corrected chi connectivity index (χ3v) is 4.66. The van der Waals surface area contributed by atoms with Gasteiger partial charge >= 0.3 is 0 Å². The standard InChI is InChI=1S/C17H25FN2O2/c1-17(2,21)10-20-12-4-5-13(20)9-14(8-12)22-16-6-3-11(19)7-15(16)18/h3,6-7,12-14,21H,4-5,8-10,19H2,1-2H3/t12-,13+,14?. The molecule has 2 fully saturated rings. The van der Waals surface area contributed by atoms with Crippen LogP contribution in [0.1, 0.15) is 39.5 Å². The van der Waals surface area contributed by atoms with Gasteiger partial charge in [0.2, 0.25) is 0 Å². The zero-order chi connectivity index (χ0) is 15.9. The number of anilines is 1. The Bertz CT molecular complexity index is 530. The van der Waals surface area contributed by atoms with Gasteiger partial charge in [-0.05, 0) is 51.7 Å². The predicted molar refractivity (Wildman–Crippen MR) is 84.3 cm³/mol. The molecule has 2 aliphatic heterocycles. The molecule has 1 unspecified atom stereocenters. The van der Waals surface area contributed by atoms with Gasteiger partial charge in [0.1, 0.15) is 6.10 Å². The maximum atomic E-state index is 13.9. The van der Waals surface area contributed by atoms with Crippen LogP contribution in [0.3, 0.4) is 0 Å². The fourth-order valence-corrected chi connectivity index (χ4v) is 3.82. The monoisotopic (exact) mass is 308 g/mol. The number of halogens is 1. The molecule has 0 saturated carbocycles. The maximum absolute atomic E-state index is 13.9. The second-order valence-corrected chi connectivity index (χ2v) is 7.27. The third-order valence-electron chi connectivity index (χ3n) is 4.66. The minimum Gasteiger partial charge on any atom is -0.487 e. The van der Waals surface area contributed by atoms with Crippen LogP contribution in [0.25, 0.3) is 0 Å². The van der Waals surface area contributed by atoms with E-state index in [4.69, 9.17) is 10.5 Å². The SMILES string of the molecule is CC(C)(O)CN1[C@@H]2CC[C@H]1CC(Oc1ccc(N)cc1F)C2. The molecule has 0 spiro atoms. The molecule has 122 valence electrons. The summed E-state index contributed by atoms with van der Waals surface area (Å²) in [5.74, 6) is -0.110.